The first-order valence-corrected chi connectivity index (χ1v) is 8.79. The van der Waals surface area contributed by atoms with Crippen LogP contribution in [0.25, 0.3) is 0 Å². The second kappa shape index (κ2) is 7.92. The van der Waals surface area contributed by atoms with Gasteiger partial charge >= 0.3 is 0 Å². The van der Waals surface area contributed by atoms with Gasteiger partial charge in [0, 0.05) is 13.1 Å². The molecule has 0 radical (unpaired) electrons. The molecular formula is C20H20N4O3. The first kappa shape index (κ1) is 17.1. The molecule has 138 valence electrons. The average Bonchev–Trinajstić information content (AvgIpc) is 3.26. The highest BCUT2D eigenvalue weighted by Crippen LogP contribution is 2.29. The molecule has 27 heavy (non-hydrogen) atoms. The molecule has 1 aliphatic heterocycles. The van der Waals surface area contributed by atoms with Crippen molar-refractivity contribution in [2.75, 3.05) is 41.8 Å². The monoisotopic (exact) mass is 364 g/mol. The van der Waals surface area contributed by atoms with Crippen molar-refractivity contribution in [1.29, 1.82) is 0 Å². The lowest BCUT2D eigenvalue weighted by Gasteiger charge is -2.30. The third-order valence-corrected chi connectivity index (χ3v) is 4.28. The predicted octanol–water partition coefficient (Wildman–Crippen LogP) is 3.51. The molecule has 3 heterocycles. The summed E-state index contributed by atoms with van der Waals surface area (Å²) in [6.45, 7) is 3.21. The molecule has 7 nitrogen and oxygen atoms in total. The van der Waals surface area contributed by atoms with Crippen molar-refractivity contribution < 1.29 is 13.9 Å². The molecule has 0 bridgehead atoms. The molecule has 2 aromatic heterocycles. The number of hydrogen-bond donors (Lipinski definition) is 2. The second-order valence-electron chi connectivity index (χ2n) is 6.11. The van der Waals surface area contributed by atoms with Gasteiger partial charge in [-0.2, -0.15) is 0 Å². The van der Waals surface area contributed by atoms with Gasteiger partial charge in [0.15, 0.2) is 5.76 Å². The smallest absolute Gasteiger partial charge is 0.292 e. The first-order chi connectivity index (χ1) is 13.3. The number of amides is 1. The quantitative estimate of drug-likeness (QED) is 0.721. The van der Waals surface area contributed by atoms with E-state index in [0.717, 1.165) is 43.4 Å². The van der Waals surface area contributed by atoms with Gasteiger partial charge in [-0.05, 0) is 36.4 Å². The molecule has 0 saturated carbocycles. The van der Waals surface area contributed by atoms with Crippen LogP contribution in [0.1, 0.15) is 10.6 Å². The van der Waals surface area contributed by atoms with Crippen LogP contribution in [0.4, 0.5) is 22.9 Å². The van der Waals surface area contributed by atoms with Crippen LogP contribution < -0.4 is 15.5 Å². The van der Waals surface area contributed by atoms with Gasteiger partial charge in [0.1, 0.15) is 5.82 Å². The predicted molar refractivity (Wildman–Crippen MR) is 104 cm³/mol. The number of ether oxygens (including phenoxy) is 1. The molecule has 1 amide bonds. The largest absolute Gasteiger partial charge is 0.459 e. The zero-order valence-electron chi connectivity index (χ0n) is 14.7. The normalized spacial score (nSPS) is 14.0. The van der Waals surface area contributed by atoms with Crippen molar-refractivity contribution in [3.05, 3.63) is 66.8 Å². The van der Waals surface area contributed by atoms with Crippen LogP contribution in [0.2, 0.25) is 0 Å². The van der Waals surface area contributed by atoms with Gasteiger partial charge < -0.3 is 24.7 Å². The number of para-hydroxylation sites is 2. The summed E-state index contributed by atoms with van der Waals surface area (Å²) in [4.78, 5) is 18.6. The van der Waals surface area contributed by atoms with Gasteiger partial charge in [0.05, 0.1) is 42.7 Å². The summed E-state index contributed by atoms with van der Waals surface area (Å²) in [6.07, 6.45) is 3.15. The lowest BCUT2D eigenvalue weighted by Crippen LogP contribution is -2.36. The first-order valence-electron chi connectivity index (χ1n) is 8.79. The van der Waals surface area contributed by atoms with Crippen LogP contribution in [0.15, 0.2) is 65.4 Å². The number of pyridine rings is 1. The zero-order valence-corrected chi connectivity index (χ0v) is 14.7. The molecule has 7 heteroatoms. The Morgan fingerprint density at radius 3 is 2.63 bits per heavy atom. The average molecular weight is 364 g/mol. The maximum absolute atomic E-state index is 12.0. The lowest BCUT2D eigenvalue weighted by atomic mass is 10.2. The number of rotatable bonds is 5. The van der Waals surface area contributed by atoms with Crippen molar-refractivity contribution in [3.63, 3.8) is 0 Å². The summed E-state index contributed by atoms with van der Waals surface area (Å²) >= 11 is 0. The minimum Gasteiger partial charge on any atom is -0.459 e. The molecule has 3 aromatic rings. The van der Waals surface area contributed by atoms with E-state index in [-0.39, 0.29) is 11.7 Å². The van der Waals surface area contributed by atoms with Crippen LogP contribution in [0.5, 0.6) is 0 Å². The van der Waals surface area contributed by atoms with Gasteiger partial charge in [0.25, 0.3) is 5.91 Å². The number of anilines is 4. The number of carbonyl (C=O) groups is 1. The van der Waals surface area contributed by atoms with Gasteiger partial charge in [0.2, 0.25) is 0 Å². The van der Waals surface area contributed by atoms with E-state index in [1.807, 2.05) is 24.3 Å². The Hall–Kier alpha value is -3.32. The molecule has 0 atom stereocenters. The van der Waals surface area contributed by atoms with Crippen LogP contribution in [-0.4, -0.2) is 37.2 Å². The number of hydrogen-bond acceptors (Lipinski definition) is 6. The van der Waals surface area contributed by atoms with Gasteiger partial charge in [-0.25, -0.2) is 4.98 Å². The molecule has 0 spiro atoms. The highest BCUT2D eigenvalue weighted by Gasteiger charge is 2.15. The summed E-state index contributed by atoms with van der Waals surface area (Å²) in [5.41, 5.74) is 2.98. The summed E-state index contributed by atoms with van der Waals surface area (Å²) in [6, 6.07) is 15.1. The van der Waals surface area contributed by atoms with Gasteiger partial charge in [-0.15, -0.1) is 0 Å². The fourth-order valence-corrected chi connectivity index (χ4v) is 2.94. The molecule has 0 unspecified atom stereocenters. The molecule has 1 saturated heterocycles. The van der Waals surface area contributed by atoms with E-state index in [9.17, 15) is 4.79 Å². The van der Waals surface area contributed by atoms with Crippen LogP contribution in [0, 0.1) is 0 Å². The number of nitrogens with zero attached hydrogens (tertiary/aromatic N) is 2. The Morgan fingerprint density at radius 2 is 1.89 bits per heavy atom. The van der Waals surface area contributed by atoms with E-state index in [0.29, 0.717) is 5.82 Å². The number of aromatic nitrogens is 1. The van der Waals surface area contributed by atoms with E-state index in [1.165, 1.54) is 6.26 Å². The zero-order chi connectivity index (χ0) is 18.5. The lowest BCUT2D eigenvalue weighted by molar-refractivity contribution is 0.0996. The Balaban J connectivity index is 1.45. The molecule has 2 N–H and O–H groups in total. The number of furan rings is 1. The molecule has 0 aliphatic carbocycles. The number of nitrogens with one attached hydrogen (secondary N) is 2. The maximum Gasteiger partial charge on any atom is 0.292 e. The van der Waals surface area contributed by atoms with Crippen LogP contribution in [0.3, 0.4) is 0 Å². The highest BCUT2D eigenvalue weighted by atomic mass is 16.5. The Morgan fingerprint density at radius 1 is 1.04 bits per heavy atom. The van der Waals surface area contributed by atoms with Crippen molar-refractivity contribution in [1.82, 2.24) is 4.98 Å². The third-order valence-electron chi connectivity index (χ3n) is 4.28. The minimum absolute atomic E-state index is 0.249. The second-order valence-corrected chi connectivity index (χ2v) is 6.11. The van der Waals surface area contributed by atoms with E-state index in [4.69, 9.17) is 9.15 Å². The van der Waals surface area contributed by atoms with E-state index in [2.05, 4.69) is 26.6 Å². The van der Waals surface area contributed by atoms with Crippen molar-refractivity contribution in [3.8, 4) is 0 Å². The van der Waals surface area contributed by atoms with Crippen LogP contribution >= 0.6 is 0 Å². The molecule has 1 fully saturated rings. The molecular weight excluding hydrogens is 344 g/mol. The molecule has 1 aromatic carbocycles. The van der Waals surface area contributed by atoms with Crippen molar-refractivity contribution >= 4 is 28.8 Å². The Bertz CT molecular complexity index is 888. The van der Waals surface area contributed by atoms with Gasteiger partial charge in [-0.1, -0.05) is 12.1 Å². The highest BCUT2D eigenvalue weighted by molar-refractivity contribution is 6.01. The Labute approximate surface area is 157 Å². The summed E-state index contributed by atoms with van der Waals surface area (Å²) in [7, 11) is 0. The fourth-order valence-electron chi connectivity index (χ4n) is 2.94. The summed E-state index contributed by atoms with van der Waals surface area (Å²) < 4.78 is 10.5. The topological polar surface area (TPSA) is 79.6 Å². The molecule has 1 aliphatic rings. The van der Waals surface area contributed by atoms with E-state index in [1.54, 1.807) is 24.4 Å². The van der Waals surface area contributed by atoms with E-state index < -0.39 is 0 Å². The summed E-state index contributed by atoms with van der Waals surface area (Å²) in [5.74, 6) is 0.382. The number of carbonyl (C=O) groups excluding carboxylic acids is 1. The summed E-state index contributed by atoms with van der Waals surface area (Å²) in [5, 5.41) is 6.11. The SMILES string of the molecule is O=C(Nc1ccc(Nc2ccccc2N2CCOCC2)cn1)c1ccco1. The Kier molecular flexibility index (Phi) is 5.02. The fraction of sp³-hybridized carbons (Fsp3) is 0.200. The third kappa shape index (κ3) is 4.09. The maximum atomic E-state index is 12.0. The van der Waals surface area contributed by atoms with Crippen molar-refractivity contribution in [2.24, 2.45) is 0 Å². The minimum atomic E-state index is -0.328. The standard InChI is InChI=1S/C20H20N4O3/c25-20(18-6-3-11-27-18)23-19-8-7-15(14-21-19)22-16-4-1-2-5-17(16)24-9-12-26-13-10-24/h1-8,11,14,22H,9-10,12-13H2,(H,21,23,25). The number of benzene rings is 1. The van der Waals surface area contributed by atoms with Gasteiger partial charge in [-0.3, -0.25) is 4.79 Å². The van der Waals surface area contributed by atoms with Crippen molar-refractivity contribution in [2.45, 2.75) is 0 Å². The van der Waals surface area contributed by atoms with E-state index >= 15 is 0 Å². The molecule has 4 rings (SSSR count). The number of morpholine rings is 1. The van der Waals surface area contributed by atoms with Crippen LogP contribution in [-0.2, 0) is 4.74 Å².